The van der Waals surface area contributed by atoms with Gasteiger partial charge in [-0.3, -0.25) is 0 Å². The summed E-state index contributed by atoms with van der Waals surface area (Å²) in [5, 5.41) is 0.258. The largest absolute Gasteiger partial charge is 0.544 e. The van der Waals surface area contributed by atoms with Gasteiger partial charge in [-0.2, -0.15) is 0 Å². The molecule has 20 heavy (non-hydrogen) atoms. The monoisotopic (exact) mass is 296 g/mol. The van der Waals surface area contributed by atoms with Crippen LogP contribution in [0, 0.1) is 0 Å². The Balaban J connectivity index is 4.77. The molecule has 0 saturated carbocycles. The fourth-order valence-electron chi connectivity index (χ4n) is 1.56. The Morgan fingerprint density at radius 3 is 2.05 bits per heavy atom. The van der Waals surface area contributed by atoms with Crippen LogP contribution in [0.5, 0.6) is 0 Å². The average molecular weight is 297 g/mol. The Kier molecular flexibility index (Phi) is 9.20. The molecule has 118 valence electrons. The van der Waals surface area contributed by atoms with Crippen LogP contribution in [0.2, 0.25) is 18.1 Å². The SMILES string of the molecule is CCCC/C=C\C(=C\CCCC)O[Si](C)(C)C(C)(C)C. The van der Waals surface area contributed by atoms with Crippen LogP contribution in [0.25, 0.3) is 0 Å². The van der Waals surface area contributed by atoms with Gasteiger partial charge in [0, 0.05) is 0 Å². The molecule has 0 aliphatic carbocycles. The molecule has 1 nitrogen and oxygen atoms in total. The molecule has 0 amide bonds. The van der Waals surface area contributed by atoms with E-state index in [1.54, 1.807) is 0 Å². The standard InChI is InChI=1S/C18H36OSi/c1-8-10-12-14-16-17(15-13-11-9-2)19-20(6,7)18(3,4)5/h14-16H,8-13H2,1-7H3/b16-14-,17-15-. The number of hydrogen-bond donors (Lipinski definition) is 0. The fraction of sp³-hybridized carbons (Fsp3) is 0.778. The Labute approximate surface area is 128 Å². The van der Waals surface area contributed by atoms with Crippen molar-refractivity contribution in [2.75, 3.05) is 0 Å². The van der Waals surface area contributed by atoms with E-state index in [2.05, 4.69) is 65.9 Å². The molecule has 0 aliphatic rings. The number of hydrogen-bond acceptors (Lipinski definition) is 1. The van der Waals surface area contributed by atoms with Gasteiger partial charge >= 0.3 is 0 Å². The molecule has 2 heteroatoms. The van der Waals surface area contributed by atoms with Gasteiger partial charge in [-0.15, -0.1) is 0 Å². The topological polar surface area (TPSA) is 9.23 Å². The zero-order valence-electron chi connectivity index (χ0n) is 14.9. The van der Waals surface area contributed by atoms with Crippen LogP contribution in [0.15, 0.2) is 24.0 Å². The minimum atomic E-state index is -1.72. The van der Waals surface area contributed by atoms with E-state index in [9.17, 15) is 0 Å². The average Bonchev–Trinajstić information content (AvgIpc) is 2.33. The van der Waals surface area contributed by atoms with E-state index < -0.39 is 8.32 Å². The van der Waals surface area contributed by atoms with Gasteiger partial charge in [0.05, 0.1) is 5.76 Å². The third-order valence-corrected chi connectivity index (χ3v) is 8.45. The molecule has 0 fully saturated rings. The highest BCUT2D eigenvalue weighted by Crippen LogP contribution is 2.38. The summed E-state index contributed by atoms with van der Waals surface area (Å²) in [5.74, 6) is 1.10. The van der Waals surface area contributed by atoms with Gasteiger partial charge in [-0.1, -0.05) is 60.0 Å². The Hall–Kier alpha value is -0.503. The van der Waals surface area contributed by atoms with Crippen molar-refractivity contribution in [3.8, 4) is 0 Å². The molecule has 0 heterocycles. The zero-order chi connectivity index (χ0) is 15.6. The van der Waals surface area contributed by atoms with Gasteiger partial charge in [-0.05, 0) is 49.5 Å². The summed E-state index contributed by atoms with van der Waals surface area (Å²) in [7, 11) is -1.72. The molecule has 0 aromatic rings. The predicted octanol–water partition coefficient (Wildman–Crippen LogP) is 6.83. The van der Waals surface area contributed by atoms with Crippen molar-refractivity contribution in [3.05, 3.63) is 24.0 Å². The maximum atomic E-state index is 6.44. The van der Waals surface area contributed by atoms with Gasteiger partial charge in [0.25, 0.3) is 0 Å². The Morgan fingerprint density at radius 1 is 1.00 bits per heavy atom. The first-order valence-corrected chi connectivity index (χ1v) is 11.2. The molecule has 0 aliphatic heterocycles. The zero-order valence-corrected chi connectivity index (χ0v) is 15.9. The summed E-state index contributed by atoms with van der Waals surface area (Å²) in [6.45, 7) is 16.0. The van der Waals surface area contributed by atoms with Crippen molar-refractivity contribution >= 4 is 8.32 Å². The van der Waals surface area contributed by atoms with Gasteiger partial charge in [-0.25, -0.2) is 0 Å². The molecule has 0 bridgehead atoms. The first-order valence-electron chi connectivity index (χ1n) is 8.30. The molecule has 0 unspecified atom stereocenters. The second-order valence-corrected chi connectivity index (χ2v) is 11.9. The Bertz CT molecular complexity index is 308. The molecule has 0 radical (unpaired) electrons. The summed E-state index contributed by atoms with van der Waals surface area (Å²) in [6.07, 6.45) is 14.0. The molecule has 0 rings (SSSR count). The lowest BCUT2D eigenvalue weighted by Crippen LogP contribution is -2.40. The van der Waals surface area contributed by atoms with Crippen molar-refractivity contribution in [2.24, 2.45) is 0 Å². The first kappa shape index (κ1) is 19.5. The van der Waals surface area contributed by atoms with E-state index in [-0.39, 0.29) is 5.04 Å². The molecule has 0 aromatic heterocycles. The molecule has 0 atom stereocenters. The number of unbranched alkanes of at least 4 members (excludes halogenated alkanes) is 4. The van der Waals surface area contributed by atoms with Gasteiger partial charge in [0.2, 0.25) is 8.32 Å². The normalized spacial score (nSPS) is 14.1. The van der Waals surface area contributed by atoms with Gasteiger partial charge in [0.15, 0.2) is 0 Å². The smallest absolute Gasteiger partial charge is 0.250 e. The van der Waals surface area contributed by atoms with Crippen LogP contribution in [-0.4, -0.2) is 8.32 Å². The van der Waals surface area contributed by atoms with Crippen molar-refractivity contribution in [1.29, 1.82) is 0 Å². The minimum Gasteiger partial charge on any atom is -0.544 e. The summed E-state index contributed by atoms with van der Waals surface area (Å²) >= 11 is 0. The van der Waals surface area contributed by atoms with E-state index in [0.717, 1.165) is 18.6 Å². The van der Waals surface area contributed by atoms with Crippen molar-refractivity contribution < 1.29 is 4.43 Å². The lowest BCUT2D eigenvalue weighted by Gasteiger charge is -2.36. The first-order chi connectivity index (χ1) is 9.24. The number of allylic oxidation sites excluding steroid dienone is 3. The van der Waals surface area contributed by atoms with Crippen LogP contribution in [0.3, 0.4) is 0 Å². The lowest BCUT2D eigenvalue weighted by molar-refractivity contribution is 0.397. The van der Waals surface area contributed by atoms with Crippen molar-refractivity contribution in [3.63, 3.8) is 0 Å². The van der Waals surface area contributed by atoms with Gasteiger partial charge < -0.3 is 4.43 Å². The molecule has 0 N–H and O–H groups in total. The van der Waals surface area contributed by atoms with E-state index in [4.69, 9.17) is 4.43 Å². The van der Waals surface area contributed by atoms with Crippen LogP contribution >= 0.6 is 0 Å². The van der Waals surface area contributed by atoms with Crippen LogP contribution in [0.1, 0.15) is 73.1 Å². The summed E-state index contributed by atoms with van der Waals surface area (Å²) in [5.41, 5.74) is 0. The predicted molar refractivity (Wildman–Crippen MR) is 94.6 cm³/mol. The summed E-state index contributed by atoms with van der Waals surface area (Å²) < 4.78 is 6.44. The van der Waals surface area contributed by atoms with E-state index in [1.165, 1.54) is 25.7 Å². The second kappa shape index (κ2) is 9.44. The summed E-state index contributed by atoms with van der Waals surface area (Å²) in [4.78, 5) is 0. The Morgan fingerprint density at radius 2 is 1.55 bits per heavy atom. The third kappa shape index (κ3) is 7.93. The highest BCUT2D eigenvalue weighted by molar-refractivity contribution is 6.74. The fourth-order valence-corrected chi connectivity index (χ4v) is 2.61. The molecular weight excluding hydrogens is 260 g/mol. The lowest BCUT2D eigenvalue weighted by atomic mass is 10.2. The van der Waals surface area contributed by atoms with Gasteiger partial charge in [0.1, 0.15) is 0 Å². The highest BCUT2D eigenvalue weighted by atomic mass is 28.4. The van der Waals surface area contributed by atoms with Crippen LogP contribution in [0.4, 0.5) is 0 Å². The second-order valence-electron chi connectivity index (χ2n) is 7.16. The van der Waals surface area contributed by atoms with Crippen molar-refractivity contribution in [2.45, 2.75) is 91.3 Å². The van der Waals surface area contributed by atoms with Crippen molar-refractivity contribution in [1.82, 2.24) is 0 Å². The third-order valence-electron chi connectivity index (χ3n) is 4.09. The molecule has 0 saturated heterocycles. The molecule has 0 spiro atoms. The van der Waals surface area contributed by atoms with E-state index in [1.807, 2.05) is 0 Å². The highest BCUT2D eigenvalue weighted by Gasteiger charge is 2.39. The van der Waals surface area contributed by atoms with Crippen LogP contribution in [-0.2, 0) is 4.43 Å². The molecule has 0 aromatic carbocycles. The summed E-state index contributed by atoms with van der Waals surface area (Å²) in [6, 6.07) is 0. The quantitative estimate of drug-likeness (QED) is 0.196. The van der Waals surface area contributed by atoms with E-state index >= 15 is 0 Å². The van der Waals surface area contributed by atoms with E-state index in [0.29, 0.717) is 0 Å². The minimum absolute atomic E-state index is 0.258. The number of rotatable bonds is 9. The molecular formula is C18H36OSi. The maximum Gasteiger partial charge on any atom is 0.250 e. The maximum absolute atomic E-state index is 6.44. The van der Waals surface area contributed by atoms with Crippen LogP contribution < -0.4 is 0 Å².